The third-order valence-corrected chi connectivity index (χ3v) is 6.17. The standard InChI is InChI=1S/C27H27N3O4/c1-3-31-23-7-6-17(12-24(23)32-4-2)19-14-22-20-15-26-25(33-10-5-11-34-26)13-18(20)8-9-30(22)27(29)21(19)16-28/h6-7,12-15,29H,3-5,8-11H2,1-2H3. The van der Waals surface area contributed by atoms with E-state index in [0.29, 0.717) is 55.6 Å². The minimum Gasteiger partial charge on any atom is -0.490 e. The van der Waals surface area contributed by atoms with Crippen LogP contribution in [0.5, 0.6) is 23.0 Å². The SMILES string of the molecule is CCOc1ccc(-c2cc3n(c(=N)c2C#N)CCc2cc4c(cc2-3)OCCCO4)cc1OCC. The summed E-state index contributed by atoms with van der Waals surface area (Å²) in [4.78, 5) is 0. The number of hydrogen-bond donors (Lipinski definition) is 1. The van der Waals surface area contributed by atoms with E-state index in [4.69, 9.17) is 24.4 Å². The van der Waals surface area contributed by atoms with Gasteiger partial charge in [-0.3, -0.25) is 5.41 Å². The van der Waals surface area contributed by atoms with Gasteiger partial charge in [0.2, 0.25) is 0 Å². The van der Waals surface area contributed by atoms with Crippen LogP contribution in [0.3, 0.4) is 0 Å². The maximum absolute atomic E-state index is 9.98. The van der Waals surface area contributed by atoms with Crippen molar-refractivity contribution in [3.63, 3.8) is 0 Å². The van der Waals surface area contributed by atoms with E-state index < -0.39 is 0 Å². The van der Waals surface area contributed by atoms with E-state index in [1.165, 1.54) is 0 Å². The molecule has 174 valence electrons. The number of benzene rings is 2. The van der Waals surface area contributed by atoms with Crippen LogP contribution in [0.15, 0.2) is 36.4 Å². The number of ether oxygens (including phenoxy) is 4. The number of pyridine rings is 1. The molecule has 0 amide bonds. The van der Waals surface area contributed by atoms with Crippen LogP contribution in [-0.4, -0.2) is 31.0 Å². The van der Waals surface area contributed by atoms with E-state index >= 15 is 0 Å². The van der Waals surface area contributed by atoms with Crippen molar-refractivity contribution in [3.8, 4) is 51.5 Å². The zero-order valence-electron chi connectivity index (χ0n) is 19.4. The summed E-state index contributed by atoms with van der Waals surface area (Å²) in [5.41, 5.74) is 5.10. The van der Waals surface area contributed by atoms with Gasteiger partial charge in [-0.15, -0.1) is 0 Å². The quantitative estimate of drug-likeness (QED) is 0.600. The predicted molar refractivity (Wildman–Crippen MR) is 128 cm³/mol. The van der Waals surface area contributed by atoms with Gasteiger partial charge in [-0.1, -0.05) is 6.07 Å². The Bertz CT molecular complexity index is 1350. The van der Waals surface area contributed by atoms with Crippen molar-refractivity contribution in [2.75, 3.05) is 26.4 Å². The Morgan fingerprint density at radius 1 is 0.971 bits per heavy atom. The summed E-state index contributed by atoms with van der Waals surface area (Å²) in [5.74, 6) is 2.79. The zero-order valence-corrected chi connectivity index (χ0v) is 19.4. The maximum Gasteiger partial charge on any atom is 0.161 e. The molecular formula is C27H27N3O4. The normalized spacial score (nSPS) is 13.8. The number of nitrogens with one attached hydrogen (secondary N) is 1. The van der Waals surface area contributed by atoms with Gasteiger partial charge in [-0.2, -0.15) is 5.26 Å². The third-order valence-electron chi connectivity index (χ3n) is 6.17. The summed E-state index contributed by atoms with van der Waals surface area (Å²) in [5, 5.41) is 18.8. The second kappa shape index (κ2) is 9.14. The number of nitrogens with zero attached hydrogens (tertiary/aromatic N) is 2. The molecule has 0 aliphatic carbocycles. The van der Waals surface area contributed by atoms with Crippen LogP contribution in [0, 0.1) is 16.7 Å². The van der Waals surface area contributed by atoms with Gasteiger partial charge >= 0.3 is 0 Å². The summed E-state index contributed by atoms with van der Waals surface area (Å²) < 4.78 is 25.2. The molecule has 34 heavy (non-hydrogen) atoms. The fraction of sp³-hybridized carbons (Fsp3) is 0.333. The van der Waals surface area contributed by atoms with E-state index in [0.717, 1.165) is 46.7 Å². The molecule has 0 saturated carbocycles. The molecule has 2 aromatic carbocycles. The molecule has 0 atom stereocenters. The lowest BCUT2D eigenvalue weighted by Gasteiger charge is -2.25. The second-order valence-corrected chi connectivity index (χ2v) is 8.21. The maximum atomic E-state index is 9.98. The highest BCUT2D eigenvalue weighted by molar-refractivity contribution is 5.79. The van der Waals surface area contributed by atoms with E-state index in [1.807, 2.05) is 48.7 Å². The molecule has 7 nitrogen and oxygen atoms in total. The van der Waals surface area contributed by atoms with Crippen LogP contribution < -0.4 is 24.4 Å². The molecule has 2 aliphatic heterocycles. The van der Waals surface area contributed by atoms with Gasteiger partial charge in [0, 0.05) is 24.1 Å². The first-order chi connectivity index (χ1) is 16.6. The molecule has 3 heterocycles. The molecule has 1 N–H and O–H groups in total. The molecule has 1 aromatic heterocycles. The average molecular weight is 458 g/mol. The first-order valence-corrected chi connectivity index (χ1v) is 11.7. The lowest BCUT2D eigenvalue weighted by Crippen LogP contribution is -2.28. The van der Waals surface area contributed by atoms with E-state index in [9.17, 15) is 5.26 Å². The summed E-state index contributed by atoms with van der Waals surface area (Å²) in [6.45, 7) is 6.76. The Morgan fingerprint density at radius 3 is 2.44 bits per heavy atom. The number of hydrogen-bond acceptors (Lipinski definition) is 6. The van der Waals surface area contributed by atoms with Crippen molar-refractivity contribution in [1.29, 1.82) is 10.7 Å². The minimum atomic E-state index is 0.208. The zero-order chi connectivity index (χ0) is 23.7. The number of fused-ring (bicyclic) bond motifs is 4. The van der Waals surface area contributed by atoms with Crippen molar-refractivity contribution in [2.24, 2.45) is 0 Å². The van der Waals surface area contributed by atoms with Crippen molar-refractivity contribution >= 4 is 0 Å². The van der Waals surface area contributed by atoms with Crippen molar-refractivity contribution in [3.05, 3.63) is 53.0 Å². The molecule has 0 spiro atoms. The van der Waals surface area contributed by atoms with Gasteiger partial charge in [-0.25, -0.2) is 0 Å². The molecule has 5 rings (SSSR count). The molecule has 0 saturated heterocycles. The van der Waals surface area contributed by atoms with Crippen LogP contribution in [-0.2, 0) is 13.0 Å². The highest BCUT2D eigenvalue weighted by Gasteiger charge is 2.24. The highest BCUT2D eigenvalue weighted by atomic mass is 16.5. The summed E-state index contributed by atoms with van der Waals surface area (Å²) >= 11 is 0. The monoisotopic (exact) mass is 457 g/mol. The van der Waals surface area contributed by atoms with Crippen LogP contribution in [0.1, 0.15) is 31.4 Å². The van der Waals surface area contributed by atoms with Gasteiger partial charge in [0.25, 0.3) is 0 Å². The Morgan fingerprint density at radius 2 is 1.71 bits per heavy atom. The topological polar surface area (TPSA) is 89.5 Å². The van der Waals surface area contributed by atoms with Gasteiger partial charge in [0.1, 0.15) is 17.1 Å². The number of nitriles is 1. The van der Waals surface area contributed by atoms with Crippen LogP contribution in [0.4, 0.5) is 0 Å². The fourth-order valence-corrected chi connectivity index (χ4v) is 4.61. The molecule has 0 radical (unpaired) electrons. The number of aryl methyl sites for hydroxylation is 1. The van der Waals surface area contributed by atoms with Gasteiger partial charge in [0.05, 0.1) is 32.1 Å². The van der Waals surface area contributed by atoms with E-state index in [-0.39, 0.29) is 5.49 Å². The first-order valence-electron chi connectivity index (χ1n) is 11.7. The summed E-state index contributed by atoms with van der Waals surface area (Å²) in [7, 11) is 0. The molecule has 7 heteroatoms. The molecule has 0 bridgehead atoms. The van der Waals surface area contributed by atoms with Crippen molar-refractivity contribution in [1.82, 2.24) is 4.57 Å². The first kappa shape index (κ1) is 21.9. The molecular weight excluding hydrogens is 430 g/mol. The van der Waals surface area contributed by atoms with E-state index in [2.05, 4.69) is 12.1 Å². The third kappa shape index (κ3) is 3.75. The summed E-state index contributed by atoms with van der Waals surface area (Å²) in [6.07, 6.45) is 1.61. The smallest absolute Gasteiger partial charge is 0.161 e. The largest absolute Gasteiger partial charge is 0.490 e. The van der Waals surface area contributed by atoms with Crippen molar-refractivity contribution < 1.29 is 18.9 Å². The second-order valence-electron chi connectivity index (χ2n) is 8.21. The average Bonchev–Trinajstić information content (AvgIpc) is 3.08. The molecule has 0 unspecified atom stereocenters. The van der Waals surface area contributed by atoms with Crippen molar-refractivity contribution in [2.45, 2.75) is 33.2 Å². The molecule has 3 aromatic rings. The van der Waals surface area contributed by atoms with E-state index in [1.54, 1.807) is 0 Å². The molecule has 2 aliphatic rings. The Balaban J connectivity index is 1.69. The number of aromatic nitrogens is 1. The predicted octanol–water partition coefficient (Wildman–Crippen LogP) is 4.69. The minimum absolute atomic E-state index is 0.208. The number of rotatable bonds is 5. The van der Waals surface area contributed by atoms with Crippen LogP contribution in [0.2, 0.25) is 0 Å². The Hall–Kier alpha value is -3.92. The Labute approximate surface area is 198 Å². The van der Waals surface area contributed by atoms with Gasteiger partial charge < -0.3 is 23.5 Å². The van der Waals surface area contributed by atoms with Gasteiger partial charge in [-0.05, 0) is 61.7 Å². The lowest BCUT2D eigenvalue weighted by molar-refractivity contribution is 0.288. The van der Waals surface area contributed by atoms with Crippen LogP contribution in [0.25, 0.3) is 22.4 Å². The van der Waals surface area contributed by atoms with Crippen LogP contribution >= 0.6 is 0 Å². The van der Waals surface area contributed by atoms with Gasteiger partial charge in [0.15, 0.2) is 23.0 Å². The highest BCUT2D eigenvalue weighted by Crippen LogP contribution is 2.41. The summed E-state index contributed by atoms with van der Waals surface area (Å²) in [6, 6.07) is 14.0. The Kier molecular flexibility index (Phi) is 5.89. The lowest BCUT2D eigenvalue weighted by atomic mass is 9.92. The fourth-order valence-electron chi connectivity index (χ4n) is 4.61. The molecule has 0 fully saturated rings.